The normalized spacial score (nSPS) is 11.0. The third-order valence-electron chi connectivity index (χ3n) is 4.15. The molecule has 0 atom stereocenters. The number of carbonyl (C=O) groups is 1. The van der Waals surface area contributed by atoms with Gasteiger partial charge in [0, 0.05) is 16.0 Å². The topological polar surface area (TPSA) is 64.0 Å². The molecule has 4 aromatic rings. The Kier molecular flexibility index (Phi) is 5.12. The molecular formula is C20H12ClF2N3O2S. The summed E-state index contributed by atoms with van der Waals surface area (Å²) in [6.07, 6.45) is 1.27. The van der Waals surface area contributed by atoms with E-state index in [1.807, 2.05) is 12.1 Å². The van der Waals surface area contributed by atoms with E-state index in [2.05, 4.69) is 10.3 Å². The number of anilines is 1. The van der Waals surface area contributed by atoms with Crippen LogP contribution in [-0.2, 0) is 11.3 Å². The Labute approximate surface area is 172 Å². The predicted octanol–water partition coefficient (Wildman–Crippen LogP) is 4.70. The van der Waals surface area contributed by atoms with Crippen molar-refractivity contribution in [1.29, 1.82) is 0 Å². The van der Waals surface area contributed by atoms with Gasteiger partial charge in [-0.1, -0.05) is 23.7 Å². The monoisotopic (exact) mass is 431 g/mol. The quantitative estimate of drug-likeness (QED) is 0.509. The Morgan fingerprint density at radius 1 is 1.14 bits per heavy atom. The maximum Gasteiger partial charge on any atom is 0.271 e. The number of benzene rings is 2. The predicted molar refractivity (Wildman–Crippen MR) is 109 cm³/mol. The second kappa shape index (κ2) is 7.73. The number of halogens is 3. The van der Waals surface area contributed by atoms with E-state index in [0.29, 0.717) is 21.3 Å². The first-order valence-corrected chi connectivity index (χ1v) is 9.60. The van der Waals surface area contributed by atoms with Crippen LogP contribution in [0.1, 0.15) is 0 Å². The first-order chi connectivity index (χ1) is 13.9. The molecule has 0 bridgehead atoms. The van der Waals surface area contributed by atoms with Gasteiger partial charge in [-0.3, -0.25) is 14.2 Å². The van der Waals surface area contributed by atoms with Crippen LogP contribution in [0.5, 0.6) is 0 Å². The molecule has 0 aliphatic heterocycles. The molecule has 9 heteroatoms. The SMILES string of the molecule is O=C(Cn1cnc2cc(-c3ccc(Cl)cc3)sc2c1=O)Nc1ccc(F)cc1F. The van der Waals surface area contributed by atoms with Crippen LogP contribution < -0.4 is 10.9 Å². The molecular weight excluding hydrogens is 420 g/mol. The zero-order valence-electron chi connectivity index (χ0n) is 14.7. The molecule has 0 radical (unpaired) electrons. The van der Waals surface area contributed by atoms with E-state index in [1.165, 1.54) is 17.7 Å². The number of fused-ring (bicyclic) bond motifs is 1. The third-order valence-corrected chi connectivity index (χ3v) is 5.57. The van der Waals surface area contributed by atoms with Crippen LogP contribution in [0.15, 0.2) is 59.7 Å². The first-order valence-electron chi connectivity index (χ1n) is 8.40. The van der Waals surface area contributed by atoms with E-state index in [4.69, 9.17) is 11.6 Å². The highest BCUT2D eigenvalue weighted by molar-refractivity contribution is 7.22. The number of hydrogen-bond donors (Lipinski definition) is 1. The maximum atomic E-state index is 13.7. The van der Waals surface area contributed by atoms with E-state index >= 15 is 0 Å². The smallest absolute Gasteiger partial charge is 0.271 e. The van der Waals surface area contributed by atoms with Crippen LogP contribution in [0.3, 0.4) is 0 Å². The number of carbonyl (C=O) groups excluding carboxylic acids is 1. The molecule has 0 spiro atoms. The molecule has 0 aliphatic rings. The van der Waals surface area contributed by atoms with Crippen molar-refractivity contribution in [2.45, 2.75) is 6.54 Å². The minimum absolute atomic E-state index is 0.167. The number of aromatic nitrogens is 2. The Hall–Kier alpha value is -3.10. The van der Waals surface area contributed by atoms with E-state index in [0.717, 1.165) is 27.1 Å². The number of thiophene rings is 1. The van der Waals surface area contributed by atoms with Gasteiger partial charge < -0.3 is 5.32 Å². The summed E-state index contributed by atoms with van der Waals surface area (Å²) in [6.45, 7) is -0.354. The van der Waals surface area contributed by atoms with Gasteiger partial charge in [0.2, 0.25) is 5.91 Å². The third kappa shape index (κ3) is 4.03. The minimum Gasteiger partial charge on any atom is -0.322 e. The van der Waals surface area contributed by atoms with Gasteiger partial charge in [-0.25, -0.2) is 13.8 Å². The highest BCUT2D eigenvalue weighted by Gasteiger charge is 2.14. The van der Waals surface area contributed by atoms with Crippen molar-refractivity contribution in [3.05, 3.63) is 81.9 Å². The molecule has 4 rings (SSSR count). The van der Waals surface area contributed by atoms with E-state index in [1.54, 1.807) is 18.2 Å². The summed E-state index contributed by atoms with van der Waals surface area (Å²) in [5.41, 5.74) is 0.869. The van der Waals surface area contributed by atoms with Gasteiger partial charge in [0.1, 0.15) is 22.9 Å². The highest BCUT2D eigenvalue weighted by Crippen LogP contribution is 2.31. The molecule has 1 N–H and O–H groups in total. The van der Waals surface area contributed by atoms with Crippen molar-refractivity contribution in [2.24, 2.45) is 0 Å². The second-order valence-corrected chi connectivity index (χ2v) is 7.67. The summed E-state index contributed by atoms with van der Waals surface area (Å²) in [7, 11) is 0. The van der Waals surface area contributed by atoms with Gasteiger partial charge in [-0.05, 0) is 35.9 Å². The van der Waals surface area contributed by atoms with Crippen LogP contribution in [0, 0.1) is 11.6 Å². The Bertz CT molecular complexity index is 1290. The zero-order chi connectivity index (χ0) is 20.5. The molecule has 0 saturated heterocycles. The molecule has 2 aromatic carbocycles. The molecule has 5 nitrogen and oxygen atoms in total. The van der Waals surface area contributed by atoms with Crippen molar-refractivity contribution in [3.8, 4) is 10.4 Å². The van der Waals surface area contributed by atoms with Gasteiger partial charge in [0.25, 0.3) is 5.56 Å². The summed E-state index contributed by atoms with van der Waals surface area (Å²) in [5, 5.41) is 2.93. The molecule has 0 unspecified atom stereocenters. The fraction of sp³-hybridized carbons (Fsp3) is 0.0500. The molecule has 0 fully saturated rings. The summed E-state index contributed by atoms with van der Waals surface area (Å²) >= 11 is 7.17. The van der Waals surface area contributed by atoms with E-state index < -0.39 is 17.5 Å². The number of nitrogens with zero attached hydrogens (tertiary/aromatic N) is 2. The molecule has 0 saturated carbocycles. The second-order valence-electron chi connectivity index (χ2n) is 6.18. The van der Waals surface area contributed by atoms with Crippen molar-refractivity contribution in [3.63, 3.8) is 0 Å². The lowest BCUT2D eigenvalue weighted by Crippen LogP contribution is -2.27. The fourth-order valence-electron chi connectivity index (χ4n) is 2.75. The highest BCUT2D eigenvalue weighted by atomic mass is 35.5. The lowest BCUT2D eigenvalue weighted by molar-refractivity contribution is -0.116. The summed E-state index contributed by atoms with van der Waals surface area (Å²) < 4.78 is 28.2. The molecule has 2 heterocycles. The number of hydrogen-bond acceptors (Lipinski definition) is 4. The summed E-state index contributed by atoms with van der Waals surface area (Å²) in [4.78, 5) is 30.0. The first kappa shape index (κ1) is 19.2. The van der Waals surface area contributed by atoms with Crippen molar-refractivity contribution >= 4 is 44.7 Å². The van der Waals surface area contributed by atoms with E-state index in [-0.39, 0.29) is 17.8 Å². The largest absolute Gasteiger partial charge is 0.322 e. The van der Waals surface area contributed by atoms with Crippen molar-refractivity contribution in [2.75, 3.05) is 5.32 Å². The molecule has 146 valence electrons. The van der Waals surface area contributed by atoms with E-state index in [9.17, 15) is 18.4 Å². The minimum atomic E-state index is -0.898. The van der Waals surface area contributed by atoms with Gasteiger partial charge in [0.15, 0.2) is 0 Å². The average molecular weight is 432 g/mol. The summed E-state index contributed by atoms with van der Waals surface area (Å²) in [5.74, 6) is -2.28. The Morgan fingerprint density at radius 3 is 2.62 bits per heavy atom. The van der Waals surface area contributed by atoms with Crippen LogP contribution in [0.4, 0.5) is 14.5 Å². The lowest BCUT2D eigenvalue weighted by Gasteiger charge is -2.08. The maximum absolute atomic E-state index is 13.7. The van der Waals surface area contributed by atoms with Gasteiger partial charge in [-0.2, -0.15) is 0 Å². The average Bonchev–Trinajstić information content (AvgIpc) is 3.12. The van der Waals surface area contributed by atoms with Gasteiger partial charge in [0.05, 0.1) is 17.5 Å². The Morgan fingerprint density at radius 2 is 1.90 bits per heavy atom. The van der Waals surface area contributed by atoms with Gasteiger partial charge in [-0.15, -0.1) is 11.3 Å². The van der Waals surface area contributed by atoms with Crippen LogP contribution >= 0.6 is 22.9 Å². The van der Waals surface area contributed by atoms with Crippen molar-refractivity contribution < 1.29 is 13.6 Å². The van der Waals surface area contributed by atoms with Crippen LogP contribution in [0.25, 0.3) is 20.7 Å². The zero-order valence-corrected chi connectivity index (χ0v) is 16.2. The Balaban J connectivity index is 1.59. The number of nitrogens with one attached hydrogen (secondary N) is 1. The standard InChI is InChI=1S/C20H12ClF2N3O2S/c21-12-3-1-11(2-4-12)17-8-16-19(29-17)20(28)26(10-24-16)9-18(27)25-15-6-5-13(22)7-14(15)23/h1-8,10H,9H2,(H,25,27). The fourth-order valence-corrected chi connectivity index (χ4v) is 3.94. The molecule has 2 aromatic heterocycles. The van der Waals surface area contributed by atoms with Crippen molar-refractivity contribution in [1.82, 2.24) is 9.55 Å². The number of amides is 1. The van der Waals surface area contributed by atoms with Crippen LogP contribution in [-0.4, -0.2) is 15.5 Å². The number of rotatable bonds is 4. The molecule has 0 aliphatic carbocycles. The molecule has 1 amide bonds. The summed E-state index contributed by atoms with van der Waals surface area (Å²) in [6, 6.07) is 11.8. The van der Waals surface area contributed by atoms with Gasteiger partial charge >= 0.3 is 0 Å². The van der Waals surface area contributed by atoms with Crippen LogP contribution in [0.2, 0.25) is 5.02 Å². The lowest BCUT2D eigenvalue weighted by atomic mass is 10.2. The molecule has 29 heavy (non-hydrogen) atoms.